The predicted molar refractivity (Wildman–Crippen MR) is 93.2 cm³/mol. The van der Waals surface area contributed by atoms with Gasteiger partial charge in [0.15, 0.2) is 0 Å². The van der Waals surface area contributed by atoms with Gasteiger partial charge in [0.05, 0.1) is 22.7 Å². The molecule has 5 nitrogen and oxygen atoms in total. The van der Waals surface area contributed by atoms with Crippen LogP contribution >= 0.6 is 11.3 Å². The van der Waals surface area contributed by atoms with Crippen molar-refractivity contribution in [3.8, 4) is 0 Å². The summed E-state index contributed by atoms with van der Waals surface area (Å²) >= 11 is 1.71. The monoisotopic (exact) mass is 341 g/mol. The summed E-state index contributed by atoms with van der Waals surface area (Å²) in [6.07, 6.45) is 3.66. The highest BCUT2D eigenvalue weighted by Crippen LogP contribution is 2.35. The van der Waals surface area contributed by atoms with Crippen LogP contribution in [0, 0.1) is 0 Å². The maximum Gasteiger partial charge on any atom is 0.257 e. The van der Waals surface area contributed by atoms with Crippen molar-refractivity contribution in [1.29, 1.82) is 0 Å². The molecule has 1 amide bonds. The van der Waals surface area contributed by atoms with Crippen LogP contribution in [0.2, 0.25) is 0 Å². The molecule has 1 aliphatic heterocycles. The van der Waals surface area contributed by atoms with Gasteiger partial charge in [-0.15, -0.1) is 11.3 Å². The largest absolute Gasteiger partial charge is 0.336 e. The van der Waals surface area contributed by atoms with E-state index < -0.39 is 0 Å². The van der Waals surface area contributed by atoms with E-state index in [0.29, 0.717) is 11.3 Å². The van der Waals surface area contributed by atoms with E-state index in [4.69, 9.17) is 4.52 Å². The molecule has 3 aromatic heterocycles. The minimum Gasteiger partial charge on any atom is -0.336 e. The molecule has 1 atom stereocenters. The predicted octanol–water partition coefficient (Wildman–Crippen LogP) is 4.39. The smallest absolute Gasteiger partial charge is 0.257 e. The fourth-order valence-electron chi connectivity index (χ4n) is 3.34. The van der Waals surface area contributed by atoms with E-state index in [1.807, 2.05) is 17.0 Å². The van der Waals surface area contributed by atoms with Gasteiger partial charge in [0.1, 0.15) is 0 Å². The van der Waals surface area contributed by atoms with Gasteiger partial charge >= 0.3 is 0 Å². The summed E-state index contributed by atoms with van der Waals surface area (Å²) in [5.74, 6) is 0.264. The Morgan fingerprint density at radius 1 is 1.46 bits per heavy atom. The lowest BCUT2D eigenvalue weighted by atomic mass is 10.1. The third-order valence-electron chi connectivity index (χ3n) is 4.54. The first-order valence-electron chi connectivity index (χ1n) is 8.25. The summed E-state index contributed by atoms with van der Waals surface area (Å²) in [6, 6.07) is 6.21. The quantitative estimate of drug-likeness (QED) is 0.709. The standard InChI is InChI=1S/C18H19N3O2S/c1-11(2)16-13-9-12(10-19-17(13)23-20-16)18(22)21-7-3-5-14(21)15-6-4-8-24-15/h4,6,8-11,14H,3,5,7H2,1-2H3. The number of rotatable bonds is 3. The van der Waals surface area contributed by atoms with Crippen molar-refractivity contribution in [1.82, 2.24) is 15.0 Å². The second-order valence-corrected chi connectivity index (χ2v) is 7.45. The summed E-state index contributed by atoms with van der Waals surface area (Å²) in [7, 11) is 0. The molecule has 0 spiro atoms. The Morgan fingerprint density at radius 3 is 3.08 bits per heavy atom. The number of hydrogen-bond acceptors (Lipinski definition) is 5. The van der Waals surface area contributed by atoms with E-state index in [1.54, 1.807) is 17.5 Å². The topological polar surface area (TPSA) is 59.2 Å². The van der Waals surface area contributed by atoms with Crippen LogP contribution in [0.25, 0.3) is 11.1 Å². The van der Waals surface area contributed by atoms with Crippen LogP contribution in [0.1, 0.15) is 59.6 Å². The highest BCUT2D eigenvalue weighted by Gasteiger charge is 2.31. The highest BCUT2D eigenvalue weighted by molar-refractivity contribution is 7.10. The minimum absolute atomic E-state index is 0.0382. The molecule has 124 valence electrons. The Labute approximate surface area is 144 Å². The van der Waals surface area contributed by atoms with Crippen LogP contribution in [0.4, 0.5) is 0 Å². The summed E-state index contributed by atoms with van der Waals surface area (Å²) in [4.78, 5) is 20.6. The Morgan fingerprint density at radius 2 is 2.33 bits per heavy atom. The Balaban J connectivity index is 1.69. The second-order valence-electron chi connectivity index (χ2n) is 6.47. The van der Waals surface area contributed by atoms with Gasteiger partial charge in [-0.1, -0.05) is 25.1 Å². The summed E-state index contributed by atoms with van der Waals surface area (Å²) < 4.78 is 5.27. The number of hydrogen-bond donors (Lipinski definition) is 0. The molecule has 0 radical (unpaired) electrons. The number of carbonyl (C=O) groups is 1. The summed E-state index contributed by atoms with van der Waals surface area (Å²) in [5.41, 5.74) is 1.95. The molecule has 0 saturated carbocycles. The lowest BCUT2D eigenvalue weighted by Crippen LogP contribution is -2.30. The molecule has 4 rings (SSSR count). The van der Waals surface area contributed by atoms with Crippen LogP contribution in [0.5, 0.6) is 0 Å². The number of carbonyl (C=O) groups excluding carboxylic acids is 1. The summed E-state index contributed by atoms with van der Waals surface area (Å²) in [5, 5.41) is 6.99. The SMILES string of the molecule is CC(C)c1noc2ncc(C(=O)N3CCCC3c3cccs3)cc12. The average Bonchev–Trinajstić information content (AvgIpc) is 3.31. The molecule has 0 bridgehead atoms. The fourth-order valence-corrected chi connectivity index (χ4v) is 4.21. The maximum absolute atomic E-state index is 13.0. The van der Waals surface area contributed by atoms with E-state index in [2.05, 4.69) is 35.4 Å². The number of nitrogens with zero attached hydrogens (tertiary/aromatic N) is 3. The Kier molecular flexibility index (Phi) is 3.84. The van der Waals surface area contributed by atoms with Gasteiger partial charge in [0, 0.05) is 17.6 Å². The van der Waals surface area contributed by atoms with Gasteiger partial charge in [-0.25, -0.2) is 4.98 Å². The molecule has 0 N–H and O–H groups in total. The summed E-state index contributed by atoms with van der Waals surface area (Å²) in [6.45, 7) is 4.90. The van der Waals surface area contributed by atoms with Crippen LogP contribution in [0.3, 0.4) is 0 Å². The zero-order valence-corrected chi connectivity index (χ0v) is 14.5. The van der Waals surface area contributed by atoms with Gasteiger partial charge in [-0.3, -0.25) is 4.79 Å². The number of pyridine rings is 1. The Bertz CT molecular complexity index is 870. The molecule has 0 aromatic carbocycles. The van der Waals surface area contributed by atoms with Gasteiger partial charge < -0.3 is 9.42 Å². The van der Waals surface area contributed by atoms with Crippen molar-refractivity contribution in [2.24, 2.45) is 0 Å². The number of fused-ring (bicyclic) bond motifs is 1. The second kappa shape index (κ2) is 6.02. The molecule has 24 heavy (non-hydrogen) atoms. The van der Waals surface area contributed by atoms with Crippen molar-refractivity contribution in [2.75, 3.05) is 6.54 Å². The van der Waals surface area contributed by atoms with Crippen molar-refractivity contribution >= 4 is 28.3 Å². The zero-order chi connectivity index (χ0) is 16.7. The van der Waals surface area contributed by atoms with Gasteiger partial charge in [0.2, 0.25) is 0 Å². The molecule has 0 aliphatic carbocycles. The molecule has 6 heteroatoms. The normalized spacial score (nSPS) is 18.0. The molecular weight excluding hydrogens is 322 g/mol. The van der Waals surface area contributed by atoms with E-state index in [-0.39, 0.29) is 17.9 Å². The van der Waals surface area contributed by atoms with E-state index in [1.165, 1.54) is 4.88 Å². The van der Waals surface area contributed by atoms with E-state index >= 15 is 0 Å². The van der Waals surface area contributed by atoms with Crippen LogP contribution in [0.15, 0.2) is 34.3 Å². The molecule has 3 aromatic rings. The van der Waals surface area contributed by atoms with Crippen molar-refractivity contribution < 1.29 is 9.32 Å². The fraction of sp³-hybridized carbons (Fsp3) is 0.389. The van der Waals surface area contributed by atoms with Crippen LogP contribution in [-0.4, -0.2) is 27.5 Å². The lowest BCUT2D eigenvalue weighted by Gasteiger charge is -2.23. The number of amides is 1. The minimum atomic E-state index is 0.0382. The van der Waals surface area contributed by atoms with E-state index in [9.17, 15) is 4.79 Å². The van der Waals surface area contributed by atoms with Crippen molar-refractivity contribution in [3.63, 3.8) is 0 Å². The Hall–Kier alpha value is -2.21. The molecule has 1 fully saturated rings. The third-order valence-corrected chi connectivity index (χ3v) is 5.51. The first-order valence-corrected chi connectivity index (χ1v) is 9.13. The molecule has 1 unspecified atom stereocenters. The first kappa shape index (κ1) is 15.3. The number of aromatic nitrogens is 2. The molecular formula is C18H19N3O2S. The number of thiophene rings is 1. The average molecular weight is 341 g/mol. The first-order chi connectivity index (χ1) is 11.6. The lowest BCUT2D eigenvalue weighted by molar-refractivity contribution is 0.0737. The van der Waals surface area contributed by atoms with Crippen LogP contribution < -0.4 is 0 Å². The van der Waals surface area contributed by atoms with Gasteiger partial charge in [-0.2, -0.15) is 0 Å². The third kappa shape index (κ3) is 2.51. The van der Waals surface area contributed by atoms with Gasteiger partial charge in [0.25, 0.3) is 11.6 Å². The highest BCUT2D eigenvalue weighted by atomic mass is 32.1. The molecule has 1 aliphatic rings. The molecule has 4 heterocycles. The van der Waals surface area contributed by atoms with Crippen molar-refractivity contribution in [3.05, 3.63) is 45.9 Å². The molecule has 1 saturated heterocycles. The number of likely N-dealkylation sites (tertiary alicyclic amines) is 1. The van der Waals surface area contributed by atoms with E-state index in [0.717, 1.165) is 30.5 Å². The van der Waals surface area contributed by atoms with Crippen molar-refractivity contribution in [2.45, 2.75) is 38.6 Å². The zero-order valence-electron chi connectivity index (χ0n) is 13.7. The van der Waals surface area contributed by atoms with Crippen LogP contribution in [-0.2, 0) is 0 Å². The maximum atomic E-state index is 13.0. The van der Waals surface area contributed by atoms with Gasteiger partial charge in [-0.05, 0) is 36.3 Å².